The van der Waals surface area contributed by atoms with Gasteiger partial charge < -0.3 is 0 Å². The van der Waals surface area contributed by atoms with Gasteiger partial charge in [0.25, 0.3) is 0 Å². The third kappa shape index (κ3) is 5.62. The van der Waals surface area contributed by atoms with E-state index in [1.165, 1.54) is 94.4 Å². The van der Waals surface area contributed by atoms with Crippen LogP contribution in [0.5, 0.6) is 0 Å². The number of fused-ring (bicyclic) bond motifs is 1. The summed E-state index contributed by atoms with van der Waals surface area (Å²) < 4.78 is 13.4. The highest BCUT2D eigenvalue weighted by atomic mass is 19.1. The molecule has 2 aliphatic carbocycles. The number of hydrogen-bond donors (Lipinski definition) is 0. The van der Waals surface area contributed by atoms with Gasteiger partial charge in [0.05, 0.1) is 0 Å². The lowest BCUT2D eigenvalue weighted by Crippen LogP contribution is -2.17. The van der Waals surface area contributed by atoms with E-state index >= 15 is 0 Å². The minimum atomic E-state index is -0.139. The third-order valence-corrected chi connectivity index (χ3v) is 8.06. The third-order valence-electron chi connectivity index (χ3n) is 8.06. The van der Waals surface area contributed by atoms with Crippen molar-refractivity contribution in [1.82, 2.24) is 0 Å². The molecule has 2 aliphatic rings. The zero-order valence-electron chi connectivity index (χ0n) is 18.3. The number of benzene rings is 2. The molecule has 0 aliphatic heterocycles. The lowest BCUT2D eigenvalue weighted by molar-refractivity contribution is 0.223. The summed E-state index contributed by atoms with van der Waals surface area (Å²) in [5.41, 5.74) is 1.47. The van der Waals surface area contributed by atoms with Crippen LogP contribution in [0.1, 0.15) is 102 Å². The van der Waals surface area contributed by atoms with Crippen molar-refractivity contribution >= 4 is 10.8 Å². The van der Waals surface area contributed by atoms with Gasteiger partial charge in [-0.15, -0.1) is 0 Å². The summed E-state index contributed by atoms with van der Waals surface area (Å²) in [7, 11) is 0. The Morgan fingerprint density at radius 2 is 1.24 bits per heavy atom. The van der Waals surface area contributed by atoms with E-state index in [4.69, 9.17) is 0 Å². The fourth-order valence-electron chi connectivity index (χ4n) is 6.05. The SMILES string of the molecule is CCCCC1CCC(CCC2CCC(c3ccc4cc(F)ccc4c3)CC2)CC1. The Bertz CT molecular complexity index is 763. The highest BCUT2D eigenvalue weighted by molar-refractivity contribution is 5.83. The molecular weight excluding hydrogens is 355 g/mol. The molecule has 1 heteroatoms. The fourth-order valence-corrected chi connectivity index (χ4v) is 6.05. The first-order chi connectivity index (χ1) is 14.2. The van der Waals surface area contributed by atoms with Crippen molar-refractivity contribution in [2.75, 3.05) is 0 Å². The first-order valence-electron chi connectivity index (χ1n) is 12.4. The average Bonchev–Trinajstić information content (AvgIpc) is 2.77. The molecule has 0 saturated heterocycles. The molecule has 2 saturated carbocycles. The Labute approximate surface area is 177 Å². The van der Waals surface area contributed by atoms with Crippen LogP contribution in [-0.4, -0.2) is 0 Å². The molecule has 2 fully saturated rings. The van der Waals surface area contributed by atoms with Crippen molar-refractivity contribution in [3.63, 3.8) is 0 Å². The molecular formula is C28H39F. The Hall–Kier alpha value is -1.37. The first kappa shape index (κ1) is 20.9. The van der Waals surface area contributed by atoms with E-state index in [1.54, 1.807) is 12.1 Å². The molecule has 0 heterocycles. The lowest BCUT2D eigenvalue weighted by Gasteiger charge is -2.32. The van der Waals surface area contributed by atoms with Crippen LogP contribution >= 0.6 is 0 Å². The van der Waals surface area contributed by atoms with E-state index in [2.05, 4.69) is 25.1 Å². The summed E-state index contributed by atoms with van der Waals surface area (Å²) >= 11 is 0. The van der Waals surface area contributed by atoms with Crippen molar-refractivity contribution in [2.24, 2.45) is 17.8 Å². The molecule has 0 N–H and O–H groups in total. The van der Waals surface area contributed by atoms with E-state index < -0.39 is 0 Å². The Balaban J connectivity index is 1.20. The second-order valence-electron chi connectivity index (χ2n) is 10.1. The maximum absolute atomic E-state index is 13.4. The highest BCUT2D eigenvalue weighted by Gasteiger charge is 2.25. The monoisotopic (exact) mass is 394 g/mol. The minimum absolute atomic E-state index is 0.139. The van der Waals surface area contributed by atoms with Gasteiger partial charge >= 0.3 is 0 Å². The van der Waals surface area contributed by atoms with Gasteiger partial charge in [-0.3, -0.25) is 0 Å². The second-order valence-corrected chi connectivity index (χ2v) is 10.1. The molecule has 0 radical (unpaired) electrons. The van der Waals surface area contributed by atoms with E-state index in [-0.39, 0.29) is 5.82 Å². The molecule has 2 aromatic rings. The van der Waals surface area contributed by atoms with Gasteiger partial charge in [0.2, 0.25) is 0 Å². The lowest BCUT2D eigenvalue weighted by atomic mass is 9.74. The van der Waals surface area contributed by atoms with Crippen molar-refractivity contribution in [3.8, 4) is 0 Å². The zero-order chi connectivity index (χ0) is 20.1. The van der Waals surface area contributed by atoms with Gasteiger partial charge in [0.1, 0.15) is 5.82 Å². The second kappa shape index (κ2) is 10.1. The summed E-state index contributed by atoms with van der Waals surface area (Å²) in [5, 5.41) is 2.20. The summed E-state index contributed by atoms with van der Waals surface area (Å²) in [4.78, 5) is 0. The molecule has 0 atom stereocenters. The van der Waals surface area contributed by atoms with Crippen LogP contribution in [0.25, 0.3) is 10.8 Å². The van der Waals surface area contributed by atoms with Gasteiger partial charge in [-0.25, -0.2) is 4.39 Å². The Kier molecular flexibility index (Phi) is 7.27. The summed E-state index contributed by atoms with van der Waals surface area (Å²) in [5.74, 6) is 3.58. The molecule has 0 nitrogen and oxygen atoms in total. The number of hydrogen-bond acceptors (Lipinski definition) is 0. The predicted octanol–water partition coefficient (Wildman–Crippen LogP) is 9.03. The standard InChI is InChI=1S/C28H39F/c1-2-3-4-21-5-7-22(8-6-21)9-10-23-11-13-24(14-12-23)25-15-16-27-20-28(29)18-17-26(27)19-25/h15-24H,2-14H2,1H3. The van der Waals surface area contributed by atoms with E-state index in [0.29, 0.717) is 5.92 Å². The average molecular weight is 395 g/mol. The first-order valence-corrected chi connectivity index (χ1v) is 12.4. The van der Waals surface area contributed by atoms with Gasteiger partial charge in [-0.05, 0) is 77.8 Å². The summed E-state index contributed by atoms with van der Waals surface area (Å²) in [6.07, 6.45) is 18.7. The van der Waals surface area contributed by atoms with Crippen LogP contribution in [0.15, 0.2) is 36.4 Å². The van der Waals surface area contributed by atoms with Crippen LogP contribution in [0, 0.1) is 23.6 Å². The topological polar surface area (TPSA) is 0 Å². The van der Waals surface area contributed by atoms with Crippen molar-refractivity contribution < 1.29 is 4.39 Å². The van der Waals surface area contributed by atoms with Crippen LogP contribution in [0.4, 0.5) is 4.39 Å². The molecule has 0 amide bonds. The van der Waals surface area contributed by atoms with E-state index in [9.17, 15) is 4.39 Å². The number of unbranched alkanes of at least 4 members (excludes halogenated alkanes) is 1. The molecule has 0 spiro atoms. The van der Waals surface area contributed by atoms with Crippen LogP contribution in [0.2, 0.25) is 0 Å². The van der Waals surface area contributed by atoms with Crippen LogP contribution in [-0.2, 0) is 0 Å². The molecule has 0 aromatic heterocycles. The van der Waals surface area contributed by atoms with Crippen LogP contribution in [0.3, 0.4) is 0 Å². The largest absolute Gasteiger partial charge is 0.207 e. The van der Waals surface area contributed by atoms with E-state index in [0.717, 1.165) is 23.1 Å². The minimum Gasteiger partial charge on any atom is -0.207 e. The van der Waals surface area contributed by atoms with Crippen molar-refractivity contribution in [2.45, 2.75) is 96.3 Å². The quantitative estimate of drug-likeness (QED) is 0.439. The highest BCUT2D eigenvalue weighted by Crippen LogP contribution is 2.40. The molecule has 158 valence electrons. The maximum atomic E-state index is 13.4. The Morgan fingerprint density at radius 1 is 0.690 bits per heavy atom. The fraction of sp³-hybridized carbons (Fsp3) is 0.643. The van der Waals surface area contributed by atoms with Gasteiger partial charge in [-0.2, -0.15) is 0 Å². The maximum Gasteiger partial charge on any atom is 0.123 e. The van der Waals surface area contributed by atoms with Crippen molar-refractivity contribution in [1.29, 1.82) is 0 Å². The smallest absolute Gasteiger partial charge is 0.123 e. The summed E-state index contributed by atoms with van der Waals surface area (Å²) in [6, 6.07) is 11.8. The molecule has 0 unspecified atom stereocenters. The summed E-state index contributed by atoms with van der Waals surface area (Å²) in [6.45, 7) is 2.32. The van der Waals surface area contributed by atoms with Gasteiger partial charge in [-0.1, -0.05) is 89.0 Å². The molecule has 2 aromatic carbocycles. The normalized spacial score (nSPS) is 27.9. The van der Waals surface area contributed by atoms with Crippen molar-refractivity contribution in [3.05, 3.63) is 47.8 Å². The zero-order valence-corrected chi connectivity index (χ0v) is 18.3. The van der Waals surface area contributed by atoms with Crippen LogP contribution < -0.4 is 0 Å². The Morgan fingerprint density at radius 3 is 1.90 bits per heavy atom. The molecule has 4 rings (SSSR count). The number of halogens is 1. The molecule has 0 bridgehead atoms. The van der Waals surface area contributed by atoms with Gasteiger partial charge in [0.15, 0.2) is 0 Å². The molecule has 29 heavy (non-hydrogen) atoms. The predicted molar refractivity (Wildman–Crippen MR) is 123 cm³/mol. The van der Waals surface area contributed by atoms with Gasteiger partial charge in [0, 0.05) is 0 Å². The van der Waals surface area contributed by atoms with E-state index in [1.807, 2.05) is 6.07 Å². The number of rotatable bonds is 7.